The molecule has 0 aliphatic carbocycles. The van der Waals surface area contributed by atoms with Gasteiger partial charge in [-0.25, -0.2) is 28.1 Å². The molecular weight excluding hydrogens is 784 g/mol. The van der Waals surface area contributed by atoms with Crippen molar-refractivity contribution < 1.29 is 23.0 Å². The highest BCUT2D eigenvalue weighted by Gasteiger charge is 2.59. The van der Waals surface area contributed by atoms with Gasteiger partial charge in [0.15, 0.2) is 11.4 Å². The highest BCUT2D eigenvalue weighted by Crippen LogP contribution is 2.51. The van der Waals surface area contributed by atoms with Gasteiger partial charge in [-0.1, -0.05) is 61.5 Å². The van der Waals surface area contributed by atoms with Crippen molar-refractivity contribution in [3.05, 3.63) is 161 Å². The van der Waals surface area contributed by atoms with E-state index in [0.29, 0.717) is 18.6 Å². The summed E-state index contributed by atoms with van der Waals surface area (Å²) < 4.78 is 57.1. The Balaban J connectivity index is 0.816. The zero-order chi connectivity index (χ0) is 42.3. The molecule has 1 N–H and O–H groups in total. The molecule has 3 aromatic heterocycles. The number of piperazine rings is 1. The van der Waals surface area contributed by atoms with Gasteiger partial charge in [0, 0.05) is 60.4 Å². The molecule has 5 heterocycles. The van der Waals surface area contributed by atoms with Gasteiger partial charge < -0.3 is 19.6 Å². The van der Waals surface area contributed by atoms with Gasteiger partial charge in [-0.15, -0.1) is 0 Å². The van der Waals surface area contributed by atoms with Crippen LogP contribution in [0.4, 0.5) is 24.5 Å². The molecule has 61 heavy (non-hydrogen) atoms. The summed E-state index contributed by atoms with van der Waals surface area (Å²) in [4.78, 5) is 26.3. The lowest BCUT2D eigenvalue weighted by Crippen LogP contribution is -2.49. The van der Waals surface area contributed by atoms with E-state index < -0.39 is 29.6 Å². The van der Waals surface area contributed by atoms with Crippen LogP contribution < -0.4 is 15.5 Å². The molecule has 2 aliphatic heterocycles. The van der Waals surface area contributed by atoms with Gasteiger partial charge in [-0.3, -0.25) is 4.98 Å². The number of ether oxygens (including phenoxy) is 1. The zero-order valence-electron chi connectivity index (χ0n) is 33.7. The summed E-state index contributed by atoms with van der Waals surface area (Å²) >= 11 is 0. The van der Waals surface area contributed by atoms with Crippen LogP contribution in [-0.2, 0) is 29.4 Å². The molecule has 4 aromatic carbocycles. The van der Waals surface area contributed by atoms with Crippen LogP contribution in [0, 0.1) is 5.82 Å². The molecule has 7 aromatic rings. The van der Waals surface area contributed by atoms with E-state index in [9.17, 15) is 14.3 Å². The van der Waals surface area contributed by atoms with Crippen LogP contribution in [0.15, 0.2) is 133 Å². The molecule has 312 valence electrons. The molecule has 1 saturated heterocycles. The van der Waals surface area contributed by atoms with Crippen LogP contribution in [0.25, 0.3) is 28.2 Å². The number of rotatable bonds is 12. The number of benzene rings is 4. The van der Waals surface area contributed by atoms with Crippen molar-refractivity contribution in [1.82, 2.24) is 34.1 Å². The van der Waals surface area contributed by atoms with Gasteiger partial charge >= 0.3 is 11.6 Å². The standard InChI is InChI=1S/C46H44F3N9O3/c1-3-41(31(2)61-27-32-7-5-4-6-8-32)58-44(59)56(30-53-58)38-17-15-37(16-18-38)55-23-21-54(22-24-55)36-13-9-33(10-14-36)34-11-20-42(50-26-34)46(48,49)45(60)28-57-43(51-29-52-57)39-25-35(47)12-19-40(39)45/h4-20,25-26,29-31,41,60H,3,21-24,27-28H2,1-2H3/t31-,41-,45?/m0/s1. The molecule has 15 heteroatoms. The van der Waals surface area contributed by atoms with E-state index in [2.05, 4.69) is 30.0 Å². The number of aromatic nitrogens is 7. The zero-order valence-corrected chi connectivity index (χ0v) is 33.7. The number of alkyl halides is 2. The first-order valence-corrected chi connectivity index (χ1v) is 20.3. The van der Waals surface area contributed by atoms with Gasteiger partial charge in [0.1, 0.15) is 24.2 Å². The van der Waals surface area contributed by atoms with Gasteiger partial charge in [-0.2, -0.15) is 19.0 Å². The summed E-state index contributed by atoms with van der Waals surface area (Å²) in [7, 11) is 0. The fourth-order valence-electron chi connectivity index (χ4n) is 8.43. The highest BCUT2D eigenvalue weighted by atomic mass is 19.3. The molecule has 0 spiro atoms. The average molecular weight is 828 g/mol. The third-order valence-corrected chi connectivity index (χ3v) is 11.9. The Morgan fingerprint density at radius 1 is 0.820 bits per heavy atom. The number of hydrogen-bond donors (Lipinski definition) is 1. The van der Waals surface area contributed by atoms with E-state index in [4.69, 9.17) is 4.74 Å². The Labute approximate surface area is 350 Å². The van der Waals surface area contributed by atoms with E-state index in [-0.39, 0.29) is 34.8 Å². The topological polar surface area (TPSA) is 119 Å². The van der Waals surface area contributed by atoms with Gasteiger partial charge in [0.2, 0.25) is 0 Å². The molecule has 2 aliphatic rings. The summed E-state index contributed by atoms with van der Waals surface area (Å²) in [5, 5.41) is 20.1. The maximum Gasteiger partial charge on any atom is 0.350 e. The van der Waals surface area contributed by atoms with Crippen molar-refractivity contribution in [2.24, 2.45) is 0 Å². The normalized spacial score (nSPS) is 17.5. The highest BCUT2D eigenvalue weighted by molar-refractivity contribution is 5.67. The molecule has 1 fully saturated rings. The number of halogens is 3. The lowest BCUT2D eigenvalue weighted by Gasteiger charge is -2.39. The smallest absolute Gasteiger partial charge is 0.350 e. The molecule has 0 saturated carbocycles. The van der Waals surface area contributed by atoms with E-state index in [0.717, 1.165) is 71.2 Å². The number of nitrogens with zero attached hydrogens (tertiary/aromatic N) is 9. The van der Waals surface area contributed by atoms with Crippen LogP contribution in [0.2, 0.25) is 0 Å². The fraction of sp³-hybridized carbons (Fsp3) is 0.283. The third-order valence-electron chi connectivity index (χ3n) is 11.9. The second-order valence-electron chi connectivity index (χ2n) is 15.5. The van der Waals surface area contributed by atoms with Crippen LogP contribution in [0.1, 0.15) is 43.1 Å². The third kappa shape index (κ3) is 7.37. The first-order chi connectivity index (χ1) is 29.5. The van der Waals surface area contributed by atoms with Crippen molar-refractivity contribution in [2.75, 3.05) is 36.0 Å². The summed E-state index contributed by atoms with van der Waals surface area (Å²) in [6.07, 6.45) is 4.61. The monoisotopic (exact) mass is 827 g/mol. The van der Waals surface area contributed by atoms with Gasteiger partial charge in [0.25, 0.3) is 0 Å². The predicted molar refractivity (Wildman–Crippen MR) is 225 cm³/mol. The maximum absolute atomic E-state index is 16.3. The minimum absolute atomic E-state index is 0.0508. The van der Waals surface area contributed by atoms with Crippen LogP contribution >= 0.6 is 0 Å². The molecule has 1 unspecified atom stereocenters. The molecule has 0 radical (unpaired) electrons. The summed E-state index contributed by atoms with van der Waals surface area (Å²) in [6.45, 7) is 7.05. The molecule has 0 bridgehead atoms. The van der Waals surface area contributed by atoms with Crippen molar-refractivity contribution in [3.8, 4) is 28.2 Å². The lowest BCUT2D eigenvalue weighted by molar-refractivity contribution is -0.207. The molecule has 12 nitrogen and oxygen atoms in total. The van der Waals surface area contributed by atoms with E-state index in [1.807, 2.05) is 92.7 Å². The van der Waals surface area contributed by atoms with Crippen molar-refractivity contribution >= 4 is 11.4 Å². The quantitative estimate of drug-likeness (QED) is 0.135. The minimum atomic E-state index is -3.85. The number of anilines is 2. The number of aliphatic hydroxyl groups is 1. The SMILES string of the molecule is CC[C@@H]([C@H](C)OCc1ccccc1)n1ncn(-c2ccc(N3CCN(c4ccc(-c5ccc(C(F)(F)C6(O)Cn7ncnc7-c7cc(F)ccc76)nc5)cc4)CC3)cc2)c1=O. The first kappa shape index (κ1) is 39.9. The van der Waals surface area contributed by atoms with Gasteiger partial charge in [-0.05, 0) is 79.1 Å². The van der Waals surface area contributed by atoms with Crippen molar-refractivity contribution in [2.45, 2.75) is 57.1 Å². The van der Waals surface area contributed by atoms with Crippen LogP contribution in [0.5, 0.6) is 0 Å². The van der Waals surface area contributed by atoms with Crippen molar-refractivity contribution in [1.29, 1.82) is 0 Å². The van der Waals surface area contributed by atoms with Crippen LogP contribution in [-0.4, -0.2) is 71.5 Å². The lowest BCUT2D eigenvalue weighted by atomic mass is 9.80. The molecule has 3 atom stereocenters. The Hall–Kier alpha value is -6.58. The Bertz CT molecular complexity index is 2680. The predicted octanol–water partition coefficient (Wildman–Crippen LogP) is 7.37. The number of hydrogen-bond acceptors (Lipinski definition) is 9. The summed E-state index contributed by atoms with van der Waals surface area (Å²) in [6, 6.07) is 31.7. The Morgan fingerprint density at radius 2 is 1.48 bits per heavy atom. The van der Waals surface area contributed by atoms with Gasteiger partial charge in [0.05, 0.1) is 31.0 Å². The molecular formula is C46H44F3N9O3. The Morgan fingerprint density at radius 3 is 2.13 bits per heavy atom. The second-order valence-corrected chi connectivity index (χ2v) is 15.5. The molecule has 9 rings (SSSR count). The van der Waals surface area contributed by atoms with Crippen LogP contribution in [0.3, 0.4) is 0 Å². The van der Waals surface area contributed by atoms with E-state index in [1.54, 1.807) is 17.0 Å². The maximum atomic E-state index is 16.3. The first-order valence-electron chi connectivity index (χ1n) is 20.3. The minimum Gasteiger partial charge on any atom is -0.377 e. The summed E-state index contributed by atoms with van der Waals surface area (Å²) in [5.41, 5.74) is 1.68. The number of pyridine rings is 1. The van der Waals surface area contributed by atoms with E-state index >= 15 is 8.78 Å². The van der Waals surface area contributed by atoms with E-state index in [1.165, 1.54) is 29.3 Å². The molecule has 0 amide bonds. The summed E-state index contributed by atoms with van der Waals surface area (Å²) in [5.74, 6) is -4.29. The fourth-order valence-corrected chi connectivity index (χ4v) is 8.43. The largest absolute Gasteiger partial charge is 0.377 e. The second kappa shape index (κ2) is 16.1. The number of fused-ring (bicyclic) bond motifs is 3. The average Bonchev–Trinajstić information content (AvgIpc) is 3.93. The van der Waals surface area contributed by atoms with Crippen molar-refractivity contribution in [3.63, 3.8) is 0 Å². The Kier molecular flexibility index (Phi) is 10.5.